The van der Waals surface area contributed by atoms with Crippen LogP contribution in [0.1, 0.15) is 61.3 Å². The standard InChI is InChI=1S/C27H33N5O3/c1-27(2,3)16-22-24-20(15-21(18-9-10-18)29-26(24)35-30-22)25(34)28-17-23(33)32-13-11-31(12-14-32)19-7-5-4-6-8-19/h4-8,15,18H,9-14,16-17H2,1-3H3,(H,28,34). The first-order valence-corrected chi connectivity index (χ1v) is 12.4. The third-order valence-corrected chi connectivity index (χ3v) is 6.63. The molecule has 184 valence electrons. The normalized spacial score (nSPS) is 16.5. The Morgan fingerprint density at radius 2 is 1.80 bits per heavy atom. The van der Waals surface area contributed by atoms with Crippen molar-refractivity contribution in [1.29, 1.82) is 0 Å². The molecule has 2 amide bonds. The molecule has 0 atom stereocenters. The zero-order valence-corrected chi connectivity index (χ0v) is 20.7. The highest BCUT2D eigenvalue weighted by molar-refractivity contribution is 6.07. The van der Waals surface area contributed by atoms with E-state index >= 15 is 0 Å². The van der Waals surface area contributed by atoms with Gasteiger partial charge in [-0.25, -0.2) is 4.98 Å². The van der Waals surface area contributed by atoms with E-state index in [1.165, 1.54) is 5.69 Å². The van der Waals surface area contributed by atoms with Gasteiger partial charge in [-0.1, -0.05) is 44.1 Å². The van der Waals surface area contributed by atoms with Crippen LogP contribution in [0.2, 0.25) is 0 Å². The highest BCUT2D eigenvalue weighted by Gasteiger charge is 2.30. The van der Waals surface area contributed by atoms with Gasteiger partial charge in [0, 0.05) is 43.5 Å². The predicted octanol–water partition coefficient (Wildman–Crippen LogP) is 3.77. The number of pyridine rings is 1. The second kappa shape index (κ2) is 9.32. The zero-order chi connectivity index (χ0) is 24.6. The molecule has 1 saturated heterocycles. The lowest BCUT2D eigenvalue weighted by Gasteiger charge is -2.36. The Balaban J connectivity index is 1.27. The van der Waals surface area contributed by atoms with Crippen molar-refractivity contribution in [1.82, 2.24) is 20.4 Å². The highest BCUT2D eigenvalue weighted by atomic mass is 16.5. The maximum absolute atomic E-state index is 13.3. The number of anilines is 1. The SMILES string of the molecule is CC(C)(C)Cc1noc2nc(C3CC3)cc(C(=O)NCC(=O)N3CCN(c4ccccc4)CC3)c12. The minimum Gasteiger partial charge on any atom is -0.368 e. The fourth-order valence-corrected chi connectivity index (χ4v) is 4.64. The Morgan fingerprint density at radius 1 is 1.09 bits per heavy atom. The quantitative estimate of drug-likeness (QED) is 0.584. The van der Waals surface area contributed by atoms with Gasteiger partial charge in [-0.15, -0.1) is 0 Å². The number of carbonyl (C=O) groups excluding carboxylic acids is 2. The van der Waals surface area contributed by atoms with E-state index in [9.17, 15) is 9.59 Å². The average Bonchev–Trinajstić information content (AvgIpc) is 3.63. The number of fused-ring (bicyclic) bond motifs is 1. The van der Waals surface area contributed by atoms with E-state index in [1.807, 2.05) is 29.2 Å². The number of piperazine rings is 1. The summed E-state index contributed by atoms with van der Waals surface area (Å²) in [4.78, 5) is 34.9. The summed E-state index contributed by atoms with van der Waals surface area (Å²) in [5.74, 6) is 0.0117. The van der Waals surface area contributed by atoms with Crippen molar-refractivity contribution in [3.05, 3.63) is 53.3 Å². The van der Waals surface area contributed by atoms with Gasteiger partial charge in [0.05, 0.1) is 23.2 Å². The van der Waals surface area contributed by atoms with Gasteiger partial charge in [0.15, 0.2) is 0 Å². The monoisotopic (exact) mass is 475 g/mol. The first kappa shape index (κ1) is 23.3. The van der Waals surface area contributed by atoms with Crippen molar-refractivity contribution in [3.8, 4) is 0 Å². The number of amides is 2. The molecule has 2 aromatic heterocycles. The van der Waals surface area contributed by atoms with Crippen molar-refractivity contribution in [3.63, 3.8) is 0 Å². The molecule has 2 fully saturated rings. The number of aromatic nitrogens is 2. The van der Waals surface area contributed by atoms with Gasteiger partial charge in [0.2, 0.25) is 5.91 Å². The smallest absolute Gasteiger partial charge is 0.259 e. The van der Waals surface area contributed by atoms with E-state index < -0.39 is 0 Å². The molecular weight excluding hydrogens is 442 g/mol. The van der Waals surface area contributed by atoms with Crippen LogP contribution in [-0.2, 0) is 11.2 Å². The van der Waals surface area contributed by atoms with Crippen LogP contribution in [0.5, 0.6) is 0 Å². The van der Waals surface area contributed by atoms with E-state index in [0.717, 1.165) is 37.3 Å². The summed E-state index contributed by atoms with van der Waals surface area (Å²) in [7, 11) is 0. The minimum atomic E-state index is -0.283. The number of hydrogen-bond acceptors (Lipinski definition) is 6. The van der Waals surface area contributed by atoms with Crippen LogP contribution in [-0.4, -0.2) is 59.6 Å². The van der Waals surface area contributed by atoms with E-state index in [2.05, 4.69) is 53.3 Å². The Hall–Kier alpha value is -3.42. The molecule has 1 aliphatic carbocycles. The Bertz CT molecular complexity index is 1220. The van der Waals surface area contributed by atoms with Gasteiger partial charge in [0.1, 0.15) is 0 Å². The predicted molar refractivity (Wildman–Crippen MR) is 135 cm³/mol. The summed E-state index contributed by atoms with van der Waals surface area (Å²) in [6.45, 7) is 9.15. The Morgan fingerprint density at radius 3 is 2.46 bits per heavy atom. The molecule has 5 rings (SSSR count). The van der Waals surface area contributed by atoms with Crippen LogP contribution in [0, 0.1) is 5.41 Å². The van der Waals surface area contributed by atoms with Crippen molar-refractivity contribution in [2.75, 3.05) is 37.6 Å². The third-order valence-electron chi connectivity index (χ3n) is 6.63. The lowest BCUT2D eigenvalue weighted by molar-refractivity contribution is -0.130. The van der Waals surface area contributed by atoms with Gasteiger partial charge in [-0.3, -0.25) is 9.59 Å². The molecule has 0 unspecified atom stereocenters. The second-order valence-electron chi connectivity index (χ2n) is 10.8. The first-order valence-electron chi connectivity index (χ1n) is 12.4. The number of benzene rings is 1. The van der Waals surface area contributed by atoms with E-state index in [1.54, 1.807) is 0 Å². The number of nitrogens with one attached hydrogen (secondary N) is 1. The van der Waals surface area contributed by atoms with Crippen LogP contribution < -0.4 is 10.2 Å². The molecule has 35 heavy (non-hydrogen) atoms. The minimum absolute atomic E-state index is 0.0232. The van der Waals surface area contributed by atoms with E-state index in [4.69, 9.17) is 4.52 Å². The summed E-state index contributed by atoms with van der Waals surface area (Å²) < 4.78 is 5.55. The number of para-hydroxylation sites is 1. The van der Waals surface area contributed by atoms with Crippen molar-refractivity contribution in [2.45, 2.75) is 46.0 Å². The third kappa shape index (κ3) is 5.31. The summed E-state index contributed by atoms with van der Waals surface area (Å²) >= 11 is 0. The number of carbonyl (C=O) groups is 2. The molecule has 3 aromatic rings. The second-order valence-corrected chi connectivity index (χ2v) is 10.8. The maximum atomic E-state index is 13.3. The van der Waals surface area contributed by atoms with Gasteiger partial charge in [-0.05, 0) is 42.9 Å². The van der Waals surface area contributed by atoms with Crippen molar-refractivity contribution in [2.24, 2.45) is 5.41 Å². The Labute approximate surface area is 205 Å². The van der Waals surface area contributed by atoms with Crippen molar-refractivity contribution >= 4 is 28.6 Å². The molecule has 0 spiro atoms. The van der Waals surface area contributed by atoms with Crippen LogP contribution in [0.3, 0.4) is 0 Å². The summed E-state index contributed by atoms with van der Waals surface area (Å²) in [6, 6.07) is 12.1. The number of rotatable bonds is 6. The topological polar surface area (TPSA) is 91.6 Å². The van der Waals surface area contributed by atoms with Gasteiger partial charge >= 0.3 is 0 Å². The van der Waals surface area contributed by atoms with Crippen LogP contribution in [0.4, 0.5) is 5.69 Å². The van der Waals surface area contributed by atoms with E-state index in [0.29, 0.717) is 42.1 Å². The van der Waals surface area contributed by atoms with Gasteiger partial charge in [0.25, 0.3) is 11.6 Å². The highest BCUT2D eigenvalue weighted by Crippen LogP contribution is 2.41. The molecule has 8 nitrogen and oxygen atoms in total. The molecule has 0 bridgehead atoms. The van der Waals surface area contributed by atoms with Crippen molar-refractivity contribution < 1.29 is 14.1 Å². The largest absolute Gasteiger partial charge is 0.368 e. The lowest BCUT2D eigenvalue weighted by atomic mass is 9.89. The van der Waals surface area contributed by atoms with E-state index in [-0.39, 0.29) is 23.8 Å². The molecule has 0 radical (unpaired) electrons. The van der Waals surface area contributed by atoms with Gasteiger partial charge < -0.3 is 19.6 Å². The summed E-state index contributed by atoms with van der Waals surface area (Å²) in [5, 5.41) is 7.76. The fraction of sp³-hybridized carbons (Fsp3) is 0.481. The molecule has 1 saturated carbocycles. The molecule has 1 N–H and O–H groups in total. The number of nitrogens with zero attached hydrogens (tertiary/aromatic N) is 4. The fourth-order valence-electron chi connectivity index (χ4n) is 4.64. The zero-order valence-electron chi connectivity index (χ0n) is 20.7. The average molecular weight is 476 g/mol. The molecule has 1 aliphatic heterocycles. The lowest BCUT2D eigenvalue weighted by Crippen LogP contribution is -2.51. The Kier molecular flexibility index (Phi) is 6.21. The summed E-state index contributed by atoms with van der Waals surface area (Å²) in [5.41, 5.74) is 3.65. The molecular formula is C27H33N5O3. The number of hydrogen-bond donors (Lipinski definition) is 1. The molecule has 8 heteroatoms. The summed E-state index contributed by atoms with van der Waals surface area (Å²) in [6.07, 6.45) is 2.79. The van der Waals surface area contributed by atoms with Crippen LogP contribution >= 0.6 is 0 Å². The molecule has 3 heterocycles. The first-order chi connectivity index (χ1) is 16.8. The molecule has 2 aliphatic rings. The van der Waals surface area contributed by atoms with Crippen LogP contribution in [0.25, 0.3) is 11.1 Å². The maximum Gasteiger partial charge on any atom is 0.259 e. The molecule has 1 aromatic carbocycles. The van der Waals surface area contributed by atoms with Crippen LogP contribution in [0.15, 0.2) is 40.9 Å². The van der Waals surface area contributed by atoms with Gasteiger partial charge in [-0.2, -0.15) is 0 Å².